The molecule has 0 aromatic carbocycles. The van der Waals surface area contributed by atoms with Crippen molar-refractivity contribution in [3.63, 3.8) is 0 Å². The molecule has 168 valence electrons. The maximum absolute atomic E-state index is 13.6. The van der Waals surface area contributed by atoms with Crippen LogP contribution in [0, 0.1) is 0 Å². The molecule has 0 saturated carbocycles. The van der Waals surface area contributed by atoms with E-state index in [0.717, 1.165) is 6.92 Å². The molecule has 1 unspecified atom stereocenters. The third kappa shape index (κ3) is 3.96. The lowest BCUT2D eigenvalue weighted by Gasteiger charge is -2.40. The molecule has 0 bridgehead atoms. The Hall–Kier alpha value is -1.48. The lowest BCUT2D eigenvalue weighted by Crippen LogP contribution is -2.70. The Morgan fingerprint density at radius 1 is 0.750 bits per heavy atom. The number of hydrogen-bond donors (Lipinski definition) is 1. The lowest BCUT2D eigenvalue weighted by atomic mass is 9.88. The minimum Gasteiger partial charge on any atom is -0.464 e. The van der Waals surface area contributed by atoms with Crippen LogP contribution in [0.25, 0.3) is 0 Å². The third-order valence-electron chi connectivity index (χ3n) is 3.28. The van der Waals surface area contributed by atoms with Crippen LogP contribution in [0.5, 0.6) is 0 Å². The van der Waals surface area contributed by atoms with Crippen molar-refractivity contribution in [3.8, 4) is 0 Å². The van der Waals surface area contributed by atoms with Crippen molar-refractivity contribution in [2.75, 3.05) is 6.61 Å². The standard InChI is InChI=1S/C12H11F13O3/c1-3-28-5(26)6(2,27)4-7(13,14)8(15,16)9(17,18)10(19,20)11(21,22)12(23,24)25/h27H,3-4H2,1-2H3. The van der Waals surface area contributed by atoms with Crippen LogP contribution in [0.1, 0.15) is 20.3 Å². The van der Waals surface area contributed by atoms with Gasteiger partial charge < -0.3 is 9.84 Å². The van der Waals surface area contributed by atoms with E-state index in [4.69, 9.17) is 0 Å². The van der Waals surface area contributed by atoms with Gasteiger partial charge in [-0.25, -0.2) is 4.79 Å². The Kier molecular flexibility index (Phi) is 6.72. The van der Waals surface area contributed by atoms with Crippen molar-refractivity contribution >= 4 is 5.97 Å². The Labute approximate surface area is 147 Å². The summed E-state index contributed by atoms with van der Waals surface area (Å²) >= 11 is 0. The molecular formula is C12H11F13O3. The van der Waals surface area contributed by atoms with E-state index < -0.39 is 60.4 Å². The highest BCUT2D eigenvalue weighted by Crippen LogP contribution is 2.61. The molecule has 3 nitrogen and oxygen atoms in total. The quantitative estimate of drug-likeness (QED) is 0.440. The maximum atomic E-state index is 13.6. The first-order chi connectivity index (χ1) is 11.9. The molecule has 16 heteroatoms. The summed E-state index contributed by atoms with van der Waals surface area (Å²) in [6, 6.07) is 0. The number of aliphatic hydroxyl groups is 1. The Bertz CT molecular complexity index is 580. The van der Waals surface area contributed by atoms with Crippen LogP contribution in [0.2, 0.25) is 0 Å². The number of ether oxygens (including phenoxy) is 1. The van der Waals surface area contributed by atoms with Gasteiger partial charge in [0.1, 0.15) is 0 Å². The predicted octanol–water partition coefficient (Wildman–Crippen LogP) is 4.43. The van der Waals surface area contributed by atoms with E-state index in [2.05, 4.69) is 4.74 Å². The van der Waals surface area contributed by atoms with Crippen LogP contribution in [-0.2, 0) is 9.53 Å². The van der Waals surface area contributed by atoms with Gasteiger partial charge in [-0.15, -0.1) is 0 Å². The fraction of sp³-hybridized carbons (Fsp3) is 0.917. The molecule has 0 aromatic rings. The Balaban J connectivity index is 6.22. The second-order valence-corrected chi connectivity index (χ2v) is 5.67. The number of hydrogen-bond acceptors (Lipinski definition) is 3. The van der Waals surface area contributed by atoms with E-state index in [1.807, 2.05) is 0 Å². The lowest BCUT2D eigenvalue weighted by molar-refractivity contribution is -0.441. The number of halogens is 13. The molecule has 0 saturated heterocycles. The van der Waals surface area contributed by atoms with Gasteiger partial charge in [-0.2, -0.15) is 57.1 Å². The second-order valence-electron chi connectivity index (χ2n) is 5.67. The van der Waals surface area contributed by atoms with Gasteiger partial charge in [0, 0.05) is 0 Å². The zero-order valence-corrected chi connectivity index (χ0v) is 13.6. The smallest absolute Gasteiger partial charge is 0.460 e. The number of rotatable bonds is 8. The number of carbonyl (C=O) groups excluding carboxylic acids is 1. The minimum atomic E-state index is -8.04. The fourth-order valence-electron chi connectivity index (χ4n) is 1.70. The van der Waals surface area contributed by atoms with Crippen molar-refractivity contribution in [3.05, 3.63) is 0 Å². The molecule has 0 rings (SSSR count). The van der Waals surface area contributed by atoms with Crippen molar-refractivity contribution in [2.24, 2.45) is 0 Å². The van der Waals surface area contributed by atoms with Crippen molar-refractivity contribution < 1.29 is 71.7 Å². The molecule has 0 heterocycles. The summed E-state index contributed by atoms with van der Waals surface area (Å²) in [5.74, 6) is -40.1. The normalized spacial score (nSPS) is 17.3. The van der Waals surface area contributed by atoms with Crippen molar-refractivity contribution in [1.29, 1.82) is 0 Å². The highest BCUT2D eigenvalue weighted by molar-refractivity contribution is 5.78. The van der Waals surface area contributed by atoms with Gasteiger partial charge in [-0.1, -0.05) is 0 Å². The average Bonchev–Trinajstić information content (AvgIpc) is 2.44. The fourth-order valence-corrected chi connectivity index (χ4v) is 1.70. The summed E-state index contributed by atoms with van der Waals surface area (Å²) in [6.45, 7) is 0.382. The molecule has 0 spiro atoms. The first-order valence-electron chi connectivity index (χ1n) is 6.79. The Morgan fingerprint density at radius 2 is 1.11 bits per heavy atom. The third-order valence-corrected chi connectivity index (χ3v) is 3.28. The van der Waals surface area contributed by atoms with E-state index in [1.165, 1.54) is 0 Å². The van der Waals surface area contributed by atoms with Gasteiger partial charge in [-0.05, 0) is 13.8 Å². The average molecular weight is 450 g/mol. The van der Waals surface area contributed by atoms with E-state index >= 15 is 0 Å². The SMILES string of the molecule is CCOC(=O)C(C)(O)CC(F)(F)C(F)(F)C(F)(F)C(F)(F)C(F)(F)C(F)(F)F. The van der Waals surface area contributed by atoms with Gasteiger partial charge in [0.25, 0.3) is 0 Å². The zero-order valence-electron chi connectivity index (χ0n) is 13.6. The van der Waals surface area contributed by atoms with Gasteiger partial charge in [0.05, 0.1) is 13.0 Å². The first kappa shape index (κ1) is 26.5. The van der Waals surface area contributed by atoms with Crippen LogP contribution < -0.4 is 0 Å². The number of esters is 1. The Morgan fingerprint density at radius 3 is 1.43 bits per heavy atom. The van der Waals surface area contributed by atoms with Crippen LogP contribution in [0.4, 0.5) is 57.1 Å². The number of alkyl halides is 13. The molecule has 0 aromatic heterocycles. The summed E-state index contributed by atoms with van der Waals surface area (Å²) in [4.78, 5) is 11.2. The summed E-state index contributed by atoms with van der Waals surface area (Å²) in [5.41, 5.74) is -3.72. The highest BCUT2D eigenvalue weighted by Gasteiger charge is 2.90. The summed E-state index contributed by atoms with van der Waals surface area (Å²) in [5, 5.41) is 9.32. The van der Waals surface area contributed by atoms with Crippen LogP contribution >= 0.6 is 0 Å². The van der Waals surface area contributed by atoms with E-state index in [-0.39, 0.29) is 6.92 Å². The molecule has 0 fully saturated rings. The van der Waals surface area contributed by atoms with E-state index in [9.17, 15) is 67.0 Å². The monoisotopic (exact) mass is 450 g/mol. The molecule has 0 aliphatic heterocycles. The molecule has 1 N–H and O–H groups in total. The van der Waals surface area contributed by atoms with E-state index in [0.29, 0.717) is 0 Å². The van der Waals surface area contributed by atoms with E-state index in [1.54, 1.807) is 0 Å². The van der Waals surface area contributed by atoms with Crippen LogP contribution in [-0.4, -0.2) is 59.1 Å². The van der Waals surface area contributed by atoms with Gasteiger partial charge in [0.2, 0.25) is 0 Å². The summed E-state index contributed by atoms with van der Waals surface area (Å²) in [7, 11) is 0. The molecular weight excluding hydrogens is 439 g/mol. The van der Waals surface area contributed by atoms with Gasteiger partial charge in [-0.3, -0.25) is 0 Å². The molecule has 0 amide bonds. The van der Waals surface area contributed by atoms with Crippen LogP contribution in [0.15, 0.2) is 0 Å². The molecule has 0 aliphatic rings. The summed E-state index contributed by atoms with van der Waals surface area (Å²) in [6.07, 6.45) is -10.6. The largest absolute Gasteiger partial charge is 0.464 e. The first-order valence-corrected chi connectivity index (χ1v) is 6.79. The predicted molar refractivity (Wildman–Crippen MR) is 62.7 cm³/mol. The van der Waals surface area contributed by atoms with Crippen molar-refractivity contribution in [2.45, 2.75) is 61.7 Å². The van der Waals surface area contributed by atoms with Crippen molar-refractivity contribution in [1.82, 2.24) is 0 Å². The second kappa shape index (κ2) is 7.09. The molecule has 1 atom stereocenters. The zero-order chi connectivity index (χ0) is 23.2. The summed E-state index contributed by atoms with van der Waals surface area (Å²) < 4.78 is 171. The minimum absolute atomic E-state index is 0.00951. The van der Waals surface area contributed by atoms with Crippen LogP contribution in [0.3, 0.4) is 0 Å². The highest BCUT2D eigenvalue weighted by atomic mass is 19.4. The van der Waals surface area contributed by atoms with Gasteiger partial charge in [0.15, 0.2) is 5.60 Å². The topological polar surface area (TPSA) is 46.5 Å². The number of carbonyl (C=O) groups is 1. The van der Waals surface area contributed by atoms with Gasteiger partial charge >= 0.3 is 41.8 Å². The molecule has 0 radical (unpaired) electrons. The molecule has 0 aliphatic carbocycles. The maximum Gasteiger partial charge on any atom is 0.460 e. The molecule has 28 heavy (non-hydrogen) atoms.